The molecule has 0 N–H and O–H groups in total. The van der Waals surface area contributed by atoms with E-state index in [1.807, 2.05) is 67.7 Å². The molecule has 40 heavy (non-hydrogen) atoms. The number of unbranched alkanes of at least 4 members (excludes halogenated alkanes) is 6. The second-order valence-electron chi connectivity index (χ2n) is 11.3. The van der Waals surface area contributed by atoms with Gasteiger partial charge in [-0.3, -0.25) is 4.98 Å². The van der Waals surface area contributed by atoms with Crippen molar-refractivity contribution in [3.8, 4) is 0 Å². The van der Waals surface area contributed by atoms with Gasteiger partial charge in [-0.05, 0) is 62.8 Å². The third-order valence-electron chi connectivity index (χ3n) is 7.34. The van der Waals surface area contributed by atoms with Crippen LogP contribution in [0.3, 0.4) is 0 Å². The second kappa shape index (κ2) is 16.9. The van der Waals surface area contributed by atoms with Gasteiger partial charge < -0.3 is 14.4 Å². The second-order valence-corrected chi connectivity index (χ2v) is 14.8. The van der Waals surface area contributed by atoms with E-state index in [0.29, 0.717) is 6.04 Å². The Kier molecular flexibility index (Phi) is 14.0. The van der Waals surface area contributed by atoms with Crippen molar-refractivity contribution in [2.24, 2.45) is 0 Å². The molecule has 0 radical (unpaired) electrons. The van der Waals surface area contributed by atoms with E-state index in [-0.39, 0.29) is 0 Å². The summed E-state index contributed by atoms with van der Waals surface area (Å²) in [4.78, 5) is 8.97. The normalized spacial score (nSPS) is 11.6. The molecule has 2 aromatic heterocycles. The van der Waals surface area contributed by atoms with Crippen LogP contribution in [-0.4, -0.2) is 67.7 Å². The first-order chi connectivity index (χ1) is 19.2. The summed E-state index contributed by atoms with van der Waals surface area (Å²) in [7, 11) is 8.12. The summed E-state index contributed by atoms with van der Waals surface area (Å²) in [6, 6.07) is 9.71. The first-order valence-electron chi connectivity index (χ1n) is 14.7. The number of hydrogen-bond acceptors (Lipinski definition) is 5. The van der Waals surface area contributed by atoms with E-state index in [9.17, 15) is 0 Å². The van der Waals surface area contributed by atoms with Crippen LogP contribution < -0.4 is 0 Å². The van der Waals surface area contributed by atoms with Crippen molar-refractivity contribution in [2.75, 3.05) is 39.7 Å². The van der Waals surface area contributed by atoms with E-state index >= 15 is 0 Å². The summed E-state index contributed by atoms with van der Waals surface area (Å²) in [5.41, 5.74) is 6.34. The zero-order valence-corrected chi connectivity index (χ0v) is 28.6. The number of fused-ring (bicyclic) bond motifs is 3. The van der Waals surface area contributed by atoms with E-state index in [1.54, 1.807) is 0 Å². The molecule has 0 unspecified atom stereocenters. The average molecular weight is 617 g/mol. The van der Waals surface area contributed by atoms with E-state index < -0.39 is 0 Å². The third-order valence-corrected chi connectivity index (χ3v) is 11.0. The van der Waals surface area contributed by atoms with E-state index in [4.69, 9.17) is 29.4 Å². The Hall–Kier alpha value is -1.35. The van der Waals surface area contributed by atoms with E-state index in [1.165, 1.54) is 91.8 Å². The number of hydrogen-bond donors (Lipinski definition) is 0. The van der Waals surface area contributed by atoms with Gasteiger partial charge in [0.1, 0.15) is 8.64 Å². The number of thioether (sulfide) groups is 2. The maximum atomic E-state index is 5.42. The SMILES string of the molecule is Cc1ccc2c3ncc(C)cc3n(C(CCCCCCSC(=S)N(C)C)CCCCCCSC(=S)N(C)C)c2c1. The van der Waals surface area contributed by atoms with Crippen LogP contribution >= 0.6 is 48.0 Å². The van der Waals surface area contributed by atoms with Crippen molar-refractivity contribution in [1.29, 1.82) is 0 Å². The van der Waals surface area contributed by atoms with Crippen molar-refractivity contribution in [3.63, 3.8) is 0 Å². The van der Waals surface area contributed by atoms with Gasteiger partial charge in [-0.25, -0.2) is 0 Å². The first kappa shape index (κ1) is 33.2. The van der Waals surface area contributed by atoms with Gasteiger partial charge >= 0.3 is 0 Å². The molecule has 0 aliphatic heterocycles. The molecule has 220 valence electrons. The minimum atomic E-state index is 0.497. The summed E-state index contributed by atoms with van der Waals surface area (Å²) in [5, 5.41) is 1.29. The van der Waals surface area contributed by atoms with E-state index in [0.717, 1.165) is 25.7 Å². The van der Waals surface area contributed by atoms with Gasteiger partial charge in [0.2, 0.25) is 0 Å². The largest absolute Gasteiger partial charge is 0.364 e. The van der Waals surface area contributed by atoms with Gasteiger partial charge in [0, 0.05) is 57.3 Å². The van der Waals surface area contributed by atoms with Crippen molar-refractivity contribution >= 4 is 78.5 Å². The maximum Gasteiger partial charge on any atom is 0.135 e. The van der Waals surface area contributed by atoms with Crippen molar-refractivity contribution < 1.29 is 0 Å². The molecule has 2 heterocycles. The molecule has 0 fully saturated rings. The van der Waals surface area contributed by atoms with Gasteiger partial charge in [0.05, 0.1) is 16.6 Å². The Balaban J connectivity index is 1.66. The maximum absolute atomic E-state index is 5.42. The highest BCUT2D eigenvalue weighted by molar-refractivity contribution is 8.23. The third kappa shape index (κ3) is 9.88. The Morgan fingerprint density at radius 3 is 1.82 bits per heavy atom. The molecule has 4 nitrogen and oxygen atoms in total. The average Bonchev–Trinajstić information content (AvgIpc) is 3.22. The molecule has 0 bridgehead atoms. The lowest BCUT2D eigenvalue weighted by Gasteiger charge is -2.22. The van der Waals surface area contributed by atoms with Crippen LogP contribution in [0.25, 0.3) is 21.9 Å². The Labute approximate surface area is 262 Å². The minimum absolute atomic E-state index is 0.497. The van der Waals surface area contributed by atoms with Crippen molar-refractivity contribution in [3.05, 3.63) is 41.6 Å². The van der Waals surface area contributed by atoms with Crippen LogP contribution in [0.4, 0.5) is 0 Å². The fourth-order valence-corrected chi connectivity index (χ4v) is 7.22. The minimum Gasteiger partial charge on any atom is -0.364 e. The van der Waals surface area contributed by atoms with Gasteiger partial charge in [0.15, 0.2) is 0 Å². The van der Waals surface area contributed by atoms with Crippen LogP contribution in [0.15, 0.2) is 30.5 Å². The van der Waals surface area contributed by atoms with Gasteiger partial charge in [-0.15, -0.1) is 0 Å². The summed E-state index contributed by atoms with van der Waals surface area (Å²) < 4.78 is 4.63. The molecule has 0 atom stereocenters. The monoisotopic (exact) mass is 616 g/mol. The number of rotatable bonds is 15. The molecule has 0 saturated carbocycles. The first-order valence-corrected chi connectivity index (χ1v) is 17.5. The lowest BCUT2D eigenvalue weighted by atomic mass is 10.00. The molecular formula is C32H48N4S4. The Morgan fingerprint density at radius 2 is 1.27 bits per heavy atom. The molecule has 3 rings (SSSR count). The molecule has 0 spiro atoms. The highest BCUT2D eigenvalue weighted by Crippen LogP contribution is 2.36. The molecular weight excluding hydrogens is 569 g/mol. The van der Waals surface area contributed by atoms with Crippen LogP contribution in [0, 0.1) is 13.8 Å². The molecule has 3 aromatic rings. The summed E-state index contributed by atoms with van der Waals surface area (Å²) in [6.45, 7) is 4.36. The van der Waals surface area contributed by atoms with E-state index in [2.05, 4.69) is 42.7 Å². The van der Waals surface area contributed by atoms with Crippen LogP contribution in [0.1, 0.15) is 81.4 Å². The fourth-order valence-electron chi connectivity index (χ4n) is 5.16. The Morgan fingerprint density at radius 1 is 0.750 bits per heavy atom. The molecule has 0 amide bonds. The number of thiocarbonyl (C=S) groups is 2. The predicted molar refractivity (Wildman–Crippen MR) is 189 cm³/mol. The number of pyridine rings is 1. The molecule has 0 aliphatic carbocycles. The predicted octanol–water partition coefficient (Wildman–Crippen LogP) is 9.41. The summed E-state index contributed by atoms with van der Waals surface area (Å²) in [5.74, 6) is 2.24. The van der Waals surface area contributed by atoms with Crippen molar-refractivity contribution in [1.82, 2.24) is 19.4 Å². The lowest BCUT2D eigenvalue weighted by Crippen LogP contribution is -2.16. The topological polar surface area (TPSA) is 24.3 Å². The smallest absolute Gasteiger partial charge is 0.135 e. The highest BCUT2D eigenvalue weighted by Gasteiger charge is 2.19. The van der Waals surface area contributed by atoms with Crippen LogP contribution in [0.2, 0.25) is 0 Å². The highest BCUT2D eigenvalue weighted by atomic mass is 32.2. The quantitative estimate of drug-likeness (QED) is 0.124. The van der Waals surface area contributed by atoms with Gasteiger partial charge in [-0.2, -0.15) is 0 Å². The Bertz CT molecular complexity index is 1160. The standard InChI is InChI=1S/C32H48N4S4/c1-24-17-18-27-28(21-24)36(29-22-25(2)23-33-30(27)29)26(15-11-7-9-13-19-39-31(37)34(3)4)16-12-8-10-14-20-40-32(38)35(5)6/h17-18,21-23,26H,7-16,19-20H2,1-6H3. The fraction of sp³-hybridized carbons (Fsp3) is 0.594. The number of benzene rings is 1. The van der Waals surface area contributed by atoms with Gasteiger partial charge in [0.25, 0.3) is 0 Å². The summed E-state index contributed by atoms with van der Waals surface area (Å²) in [6.07, 6.45) is 14.5. The molecule has 1 aromatic carbocycles. The number of aromatic nitrogens is 2. The molecule has 0 saturated heterocycles. The van der Waals surface area contributed by atoms with Crippen molar-refractivity contribution in [2.45, 2.75) is 84.1 Å². The molecule has 0 aliphatic rings. The lowest BCUT2D eigenvalue weighted by molar-refractivity contribution is 0.413. The zero-order chi connectivity index (χ0) is 29.1. The van der Waals surface area contributed by atoms with Crippen LogP contribution in [0.5, 0.6) is 0 Å². The van der Waals surface area contributed by atoms with Crippen LogP contribution in [-0.2, 0) is 0 Å². The number of aryl methyl sites for hydroxylation is 2. The van der Waals surface area contributed by atoms with Gasteiger partial charge in [-0.1, -0.05) is 98.6 Å². The number of nitrogens with zero attached hydrogens (tertiary/aromatic N) is 4. The summed E-state index contributed by atoms with van der Waals surface area (Å²) >= 11 is 14.5. The molecule has 8 heteroatoms. The zero-order valence-electron chi connectivity index (χ0n) is 25.4.